The lowest BCUT2D eigenvalue weighted by atomic mass is 10.1. The van der Waals surface area contributed by atoms with Crippen LogP contribution in [0.4, 0.5) is 8.78 Å². The van der Waals surface area contributed by atoms with Crippen molar-refractivity contribution in [1.82, 2.24) is 10.2 Å². The lowest BCUT2D eigenvalue weighted by Crippen LogP contribution is -2.07. The standard InChI is InChI=1S/C18H15F2N3O/c1-2-24-18(21)13-9-14-16(22-23-17(14)10-15(13)20)7-6-11-4-3-5-12(19)8-11/h3-10,21H,2H2,1H3,(H,22,23)/b7-6+,21-18?. The van der Waals surface area contributed by atoms with Gasteiger partial charge in [-0.2, -0.15) is 5.10 Å². The Hall–Kier alpha value is -3.02. The van der Waals surface area contributed by atoms with Crippen molar-refractivity contribution < 1.29 is 13.5 Å². The van der Waals surface area contributed by atoms with E-state index in [2.05, 4.69) is 10.2 Å². The van der Waals surface area contributed by atoms with E-state index in [1.165, 1.54) is 24.3 Å². The first-order valence-electron chi connectivity index (χ1n) is 7.41. The minimum absolute atomic E-state index is 0.0751. The van der Waals surface area contributed by atoms with Gasteiger partial charge in [0.15, 0.2) is 0 Å². The molecule has 4 nitrogen and oxygen atoms in total. The SMILES string of the molecule is CCOC(=N)c1cc2c(/C=C/c3cccc(F)c3)n[nH]c2cc1F. The molecule has 1 aromatic heterocycles. The Morgan fingerprint density at radius 2 is 2.08 bits per heavy atom. The summed E-state index contributed by atoms with van der Waals surface area (Å²) in [4.78, 5) is 0. The molecule has 122 valence electrons. The smallest absolute Gasteiger partial charge is 0.216 e. The highest BCUT2D eigenvalue weighted by Gasteiger charge is 2.14. The van der Waals surface area contributed by atoms with Gasteiger partial charge in [-0.25, -0.2) is 8.78 Å². The van der Waals surface area contributed by atoms with E-state index >= 15 is 0 Å². The summed E-state index contributed by atoms with van der Waals surface area (Å²) in [5.41, 5.74) is 1.85. The van der Waals surface area contributed by atoms with Crippen LogP contribution < -0.4 is 0 Å². The van der Waals surface area contributed by atoms with Crippen molar-refractivity contribution in [3.8, 4) is 0 Å². The van der Waals surface area contributed by atoms with Crippen molar-refractivity contribution in [2.45, 2.75) is 6.92 Å². The number of ether oxygens (including phenoxy) is 1. The molecule has 0 saturated heterocycles. The highest BCUT2D eigenvalue weighted by atomic mass is 19.1. The molecule has 2 aromatic carbocycles. The van der Waals surface area contributed by atoms with E-state index < -0.39 is 5.82 Å². The minimum Gasteiger partial charge on any atom is -0.478 e. The van der Waals surface area contributed by atoms with Gasteiger partial charge < -0.3 is 4.74 Å². The molecule has 3 aromatic rings. The summed E-state index contributed by atoms with van der Waals surface area (Å²) in [6, 6.07) is 8.97. The number of hydrogen-bond acceptors (Lipinski definition) is 3. The number of rotatable bonds is 4. The second kappa shape index (κ2) is 6.62. The molecule has 24 heavy (non-hydrogen) atoms. The van der Waals surface area contributed by atoms with Crippen LogP contribution in [0.25, 0.3) is 23.1 Å². The maximum absolute atomic E-state index is 14.1. The van der Waals surface area contributed by atoms with Gasteiger partial charge in [-0.1, -0.05) is 18.2 Å². The van der Waals surface area contributed by atoms with E-state index in [9.17, 15) is 8.78 Å². The third-order valence-corrected chi connectivity index (χ3v) is 3.50. The number of nitrogens with one attached hydrogen (secondary N) is 2. The topological polar surface area (TPSA) is 61.8 Å². The lowest BCUT2D eigenvalue weighted by Gasteiger charge is -2.06. The van der Waals surface area contributed by atoms with Crippen LogP contribution in [0.15, 0.2) is 36.4 Å². The van der Waals surface area contributed by atoms with Crippen LogP contribution >= 0.6 is 0 Å². The molecule has 1 heterocycles. The quantitative estimate of drug-likeness (QED) is 0.552. The fourth-order valence-electron chi connectivity index (χ4n) is 2.37. The number of benzene rings is 2. The van der Waals surface area contributed by atoms with Crippen molar-refractivity contribution in [3.05, 3.63) is 64.9 Å². The maximum atomic E-state index is 14.1. The predicted octanol–water partition coefficient (Wildman–Crippen LogP) is 4.37. The Morgan fingerprint density at radius 3 is 2.83 bits per heavy atom. The molecule has 0 fully saturated rings. The fourth-order valence-corrected chi connectivity index (χ4v) is 2.37. The highest BCUT2D eigenvalue weighted by Crippen LogP contribution is 2.23. The zero-order chi connectivity index (χ0) is 17.1. The van der Waals surface area contributed by atoms with Crippen LogP contribution in [-0.4, -0.2) is 22.7 Å². The van der Waals surface area contributed by atoms with Crippen LogP contribution in [0.2, 0.25) is 0 Å². The molecule has 0 bridgehead atoms. The van der Waals surface area contributed by atoms with Gasteiger partial charge in [0, 0.05) is 11.5 Å². The molecule has 0 saturated carbocycles. The van der Waals surface area contributed by atoms with Gasteiger partial charge in [0.25, 0.3) is 0 Å². The summed E-state index contributed by atoms with van der Waals surface area (Å²) in [5.74, 6) is -1.10. The first kappa shape index (κ1) is 15.9. The third-order valence-electron chi connectivity index (χ3n) is 3.50. The van der Waals surface area contributed by atoms with Gasteiger partial charge in [-0.3, -0.25) is 10.5 Å². The highest BCUT2D eigenvalue weighted by molar-refractivity contribution is 5.98. The Morgan fingerprint density at radius 1 is 1.25 bits per heavy atom. The Balaban J connectivity index is 2.00. The summed E-state index contributed by atoms with van der Waals surface area (Å²) in [6.45, 7) is 2.02. The van der Waals surface area contributed by atoms with Gasteiger partial charge in [0.05, 0.1) is 23.4 Å². The van der Waals surface area contributed by atoms with Crippen molar-refractivity contribution in [1.29, 1.82) is 5.41 Å². The van der Waals surface area contributed by atoms with Crippen LogP contribution in [-0.2, 0) is 4.74 Å². The molecule has 0 aliphatic heterocycles. The average Bonchev–Trinajstić information content (AvgIpc) is 2.94. The first-order valence-corrected chi connectivity index (χ1v) is 7.41. The summed E-state index contributed by atoms with van der Waals surface area (Å²) < 4.78 is 32.3. The predicted molar refractivity (Wildman–Crippen MR) is 89.8 cm³/mol. The van der Waals surface area contributed by atoms with Crippen LogP contribution in [0, 0.1) is 17.0 Å². The molecule has 0 amide bonds. The van der Waals surface area contributed by atoms with Crippen LogP contribution in [0.3, 0.4) is 0 Å². The Kier molecular flexibility index (Phi) is 4.37. The number of hydrogen-bond donors (Lipinski definition) is 2. The van der Waals surface area contributed by atoms with E-state index in [0.717, 1.165) is 0 Å². The lowest BCUT2D eigenvalue weighted by molar-refractivity contribution is 0.324. The molecule has 2 N–H and O–H groups in total. The number of aromatic nitrogens is 2. The molecule has 0 spiro atoms. The van der Waals surface area contributed by atoms with Gasteiger partial charge >= 0.3 is 0 Å². The van der Waals surface area contributed by atoms with Gasteiger partial charge in [-0.15, -0.1) is 0 Å². The van der Waals surface area contributed by atoms with Crippen LogP contribution in [0.1, 0.15) is 23.7 Å². The Labute approximate surface area is 137 Å². The molecule has 3 rings (SSSR count). The van der Waals surface area contributed by atoms with Gasteiger partial charge in [0.1, 0.15) is 11.6 Å². The van der Waals surface area contributed by atoms with Crippen molar-refractivity contribution >= 4 is 29.0 Å². The van der Waals surface area contributed by atoms with Crippen molar-refractivity contribution in [2.24, 2.45) is 0 Å². The summed E-state index contributed by atoms with van der Waals surface area (Å²) in [7, 11) is 0. The monoisotopic (exact) mass is 327 g/mol. The summed E-state index contributed by atoms with van der Waals surface area (Å²) in [6.07, 6.45) is 3.43. The normalized spacial score (nSPS) is 11.3. The number of aromatic amines is 1. The number of nitrogens with zero attached hydrogens (tertiary/aromatic N) is 1. The maximum Gasteiger partial charge on any atom is 0.216 e. The molecule has 6 heteroatoms. The molecule has 0 unspecified atom stereocenters. The van der Waals surface area contributed by atoms with Crippen molar-refractivity contribution in [3.63, 3.8) is 0 Å². The third kappa shape index (κ3) is 3.17. The van der Waals surface area contributed by atoms with E-state index in [4.69, 9.17) is 10.1 Å². The van der Waals surface area contributed by atoms with E-state index in [1.807, 2.05) is 0 Å². The summed E-state index contributed by atoms with van der Waals surface area (Å²) in [5, 5.41) is 15.3. The van der Waals surface area contributed by atoms with Crippen molar-refractivity contribution in [2.75, 3.05) is 6.61 Å². The fraction of sp³-hybridized carbons (Fsp3) is 0.111. The van der Waals surface area contributed by atoms with Gasteiger partial charge in [0.2, 0.25) is 5.90 Å². The number of H-pyrrole nitrogens is 1. The van der Waals surface area contributed by atoms with Crippen LogP contribution in [0.5, 0.6) is 0 Å². The van der Waals surface area contributed by atoms with Gasteiger partial charge in [-0.05, 0) is 36.8 Å². The second-order valence-corrected chi connectivity index (χ2v) is 5.14. The zero-order valence-corrected chi connectivity index (χ0v) is 12.9. The first-order chi connectivity index (χ1) is 11.6. The average molecular weight is 327 g/mol. The largest absolute Gasteiger partial charge is 0.478 e. The molecule has 0 radical (unpaired) electrons. The number of fused-ring (bicyclic) bond motifs is 1. The minimum atomic E-state index is -0.551. The second-order valence-electron chi connectivity index (χ2n) is 5.14. The molecular formula is C18H15F2N3O. The molecule has 0 atom stereocenters. The molecule has 0 aliphatic rings. The van der Waals surface area contributed by atoms with E-state index in [-0.39, 0.29) is 23.9 Å². The molecule has 0 aliphatic carbocycles. The number of halogens is 2. The zero-order valence-electron chi connectivity index (χ0n) is 12.9. The summed E-state index contributed by atoms with van der Waals surface area (Å²) >= 11 is 0. The molecular weight excluding hydrogens is 312 g/mol. The van der Waals surface area contributed by atoms with E-state index in [0.29, 0.717) is 22.2 Å². The Bertz CT molecular complexity index is 931. The van der Waals surface area contributed by atoms with E-state index in [1.54, 1.807) is 31.2 Å².